The first kappa shape index (κ1) is 12.4. The summed E-state index contributed by atoms with van der Waals surface area (Å²) < 4.78 is 1.11. The molecule has 2 nitrogen and oxygen atoms in total. The maximum Gasteiger partial charge on any atom is 0.0597 e. The van der Waals surface area contributed by atoms with Gasteiger partial charge in [0.2, 0.25) is 0 Å². The zero-order chi connectivity index (χ0) is 11.4. The van der Waals surface area contributed by atoms with Crippen LogP contribution in [0.15, 0.2) is 22.7 Å². The number of rotatable bonds is 4. The molecule has 0 aliphatic carbocycles. The van der Waals surface area contributed by atoms with Crippen LogP contribution in [0, 0.1) is 0 Å². The summed E-state index contributed by atoms with van der Waals surface area (Å²) in [6.07, 6.45) is 1.12. The molecule has 0 bridgehead atoms. The average Bonchev–Trinajstić information content (AvgIpc) is 2.17. The van der Waals surface area contributed by atoms with Crippen LogP contribution in [0.25, 0.3) is 0 Å². The van der Waals surface area contributed by atoms with Crippen molar-refractivity contribution in [1.29, 1.82) is 0 Å². The van der Waals surface area contributed by atoms with E-state index in [0.29, 0.717) is 6.04 Å². The van der Waals surface area contributed by atoms with E-state index in [2.05, 4.69) is 72.3 Å². The number of hydrogen-bond donors (Lipinski definition) is 1. The highest BCUT2D eigenvalue weighted by atomic mass is 79.9. The maximum absolute atomic E-state index is 3.51. The summed E-state index contributed by atoms with van der Waals surface area (Å²) >= 11 is 3.50. The van der Waals surface area contributed by atoms with Crippen LogP contribution in [-0.4, -0.2) is 20.1 Å². The normalized spacial score (nSPS) is 12.3. The summed E-state index contributed by atoms with van der Waals surface area (Å²) in [6.45, 7) is 4.38. The van der Waals surface area contributed by atoms with E-state index >= 15 is 0 Å². The minimum atomic E-state index is 0.498. The molecule has 1 aromatic carbocycles. The van der Waals surface area contributed by atoms with Gasteiger partial charge in [-0.3, -0.25) is 0 Å². The molecule has 0 heterocycles. The van der Waals surface area contributed by atoms with Crippen LogP contribution >= 0.6 is 15.9 Å². The van der Waals surface area contributed by atoms with Crippen molar-refractivity contribution in [2.24, 2.45) is 0 Å². The maximum atomic E-state index is 3.51. The SMILES string of the molecule is CCC(C)Nc1cc(Br)ccc1N(C)C. The van der Waals surface area contributed by atoms with Crippen LogP contribution in [0.3, 0.4) is 0 Å². The van der Waals surface area contributed by atoms with E-state index in [0.717, 1.165) is 10.9 Å². The zero-order valence-corrected chi connectivity index (χ0v) is 11.4. The predicted molar refractivity (Wildman–Crippen MR) is 71.8 cm³/mol. The first-order chi connectivity index (χ1) is 7.04. The van der Waals surface area contributed by atoms with Gasteiger partial charge in [0.25, 0.3) is 0 Å². The fourth-order valence-corrected chi connectivity index (χ4v) is 1.74. The number of hydrogen-bond acceptors (Lipinski definition) is 2. The van der Waals surface area contributed by atoms with Crippen molar-refractivity contribution >= 4 is 27.3 Å². The molecular formula is C12H19BrN2. The van der Waals surface area contributed by atoms with Gasteiger partial charge in [0, 0.05) is 24.6 Å². The fraction of sp³-hybridized carbons (Fsp3) is 0.500. The molecule has 1 unspecified atom stereocenters. The molecule has 15 heavy (non-hydrogen) atoms. The summed E-state index contributed by atoms with van der Waals surface area (Å²) in [7, 11) is 4.12. The molecule has 0 aliphatic heterocycles. The molecule has 0 spiro atoms. The smallest absolute Gasteiger partial charge is 0.0597 e. The Morgan fingerprint density at radius 3 is 2.60 bits per heavy atom. The Morgan fingerprint density at radius 2 is 2.07 bits per heavy atom. The number of halogens is 1. The second kappa shape index (κ2) is 5.40. The lowest BCUT2D eigenvalue weighted by molar-refractivity contribution is 0.763. The van der Waals surface area contributed by atoms with Crippen molar-refractivity contribution in [3.05, 3.63) is 22.7 Å². The molecule has 1 N–H and O–H groups in total. The largest absolute Gasteiger partial charge is 0.381 e. The van der Waals surface area contributed by atoms with E-state index < -0.39 is 0 Å². The third kappa shape index (κ3) is 3.42. The van der Waals surface area contributed by atoms with Gasteiger partial charge in [-0.2, -0.15) is 0 Å². The second-order valence-corrected chi connectivity index (χ2v) is 4.93. The molecule has 0 radical (unpaired) electrons. The standard InChI is InChI=1S/C12H19BrN2/c1-5-9(2)14-11-8-10(13)6-7-12(11)15(3)4/h6-9,14H,5H2,1-4H3. The number of anilines is 2. The third-order valence-corrected chi connectivity index (χ3v) is 2.95. The highest BCUT2D eigenvalue weighted by Crippen LogP contribution is 2.28. The quantitative estimate of drug-likeness (QED) is 0.897. The molecule has 0 saturated heterocycles. The molecule has 3 heteroatoms. The van der Waals surface area contributed by atoms with E-state index in [9.17, 15) is 0 Å². The summed E-state index contributed by atoms with van der Waals surface area (Å²) in [5.74, 6) is 0. The minimum Gasteiger partial charge on any atom is -0.381 e. The monoisotopic (exact) mass is 270 g/mol. The van der Waals surface area contributed by atoms with Crippen LogP contribution < -0.4 is 10.2 Å². The van der Waals surface area contributed by atoms with Crippen LogP contribution in [-0.2, 0) is 0 Å². The molecular weight excluding hydrogens is 252 g/mol. The van der Waals surface area contributed by atoms with E-state index in [1.54, 1.807) is 0 Å². The third-order valence-electron chi connectivity index (χ3n) is 2.45. The first-order valence-electron chi connectivity index (χ1n) is 5.28. The number of benzene rings is 1. The van der Waals surface area contributed by atoms with Gasteiger partial charge in [-0.05, 0) is 31.5 Å². The Bertz CT molecular complexity index is 323. The van der Waals surface area contributed by atoms with Crippen molar-refractivity contribution in [3.8, 4) is 0 Å². The van der Waals surface area contributed by atoms with E-state index in [-0.39, 0.29) is 0 Å². The van der Waals surface area contributed by atoms with Crippen molar-refractivity contribution in [3.63, 3.8) is 0 Å². The molecule has 0 aromatic heterocycles. The van der Waals surface area contributed by atoms with Gasteiger partial charge in [-0.1, -0.05) is 22.9 Å². The molecule has 0 fully saturated rings. The molecule has 0 saturated carbocycles. The first-order valence-corrected chi connectivity index (χ1v) is 6.07. The summed E-state index contributed by atoms with van der Waals surface area (Å²) in [5.41, 5.74) is 2.40. The van der Waals surface area contributed by atoms with Crippen molar-refractivity contribution in [2.45, 2.75) is 26.3 Å². The Balaban J connectivity index is 2.96. The van der Waals surface area contributed by atoms with Crippen LogP contribution in [0.1, 0.15) is 20.3 Å². The van der Waals surface area contributed by atoms with Gasteiger partial charge in [-0.25, -0.2) is 0 Å². The van der Waals surface area contributed by atoms with Gasteiger partial charge in [0.1, 0.15) is 0 Å². The summed E-state index contributed by atoms with van der Waals surface area (Å²) in [4.78, 5) is 2.12. The number of nitrogens with zero attached hydrogens (tertiary/aromatic N) is 1. The zero-order valence-electron chi connectivity index (χ0n) is 9.84. The lowest BCUT2D eigenvalue weighted by Crippen LogP contribution is -2.17. The van der Waals surface area contributed by atoms with Gasteiger partial charge in [0.15, 0.2) is 0 Å². The van der Waals surface area contributed by atoms with E-state index in [1.807, 2.05) is 0 Å². The Hall–Kier alpha value is -0.700. The molecule has 0 aliphatic rings. The highest BCUT2D eigenvalue weighted by Gasteiger charge is 2.07. The van der Waals surface area contributed by atoms with Crippen LogP contribution in [0.4, 0.5) is 11.4 Å². The molecule has 1 atom stereocenters. The molecule has 0 amide bonds. The Morgan fingerprint density at radius 1 is 1.40 bits per heavy atom. The number of nitrogens with one attached hydrogen (secondary N) is 1. The van der Waals surface area contributed by atoms with Crippen LogP contribution in [0.2, 0.25) is 0 Å². The van der Waals surface area contributed by atoms with Crippen molar-refractivity contribution in [1.82, 2.24) is 0 Å². The average molecular weight is 271 g/mol. The van der Waals surface area contributed by atoms with E-state index in [4.69, 9.17) is 0 Å². The van der Waals surface area contributed by atoms with Crippen molar-refractivity contribution in [2.75, 3.05) is 24.3 Å². The Kier molecular flexibility index (Phi) is 4.45. The summed E-state index contributed by atoms with van der Waals surface area (Å²) in [6, 6.07) is 6.81. The second-order valence-electron chi connectivity index (χ2n) is 4.01. The van der Waals surface area contributed by atoms with Crippen molar-refractivity contribution < 1.29 is 0 Å². The van der Waals surface area contributed by atoms with Gasteiger partial charge >= 0.3 is 0 Å². The van der Waals surface area contributed by atoms with Gasteiger partial charge < -0.3 is 10.2 Å². The predicted octanol–water partition coefficient (Wildman–Crippen LogP) is 3.73. The molecule has 84 valence electrons. The highest BCUT2D eigenvalue weighted by molar-refractivity contribution is 9.10. The molecule has 1 aromatic rings. The lowest BCUT2D eigenvalue weighted by Gasteiger charge is -2.21. The van der Waals surface area contributed by atoms with Gasteiger partial charge in [0.05, 0.1) is 11.4 Å². The van der Waals surface area contributed by atoms with Gasteiger partial charge in [-0.15, -0.1) is 0 Å². The molecule has 1 rings (SSSR count). The minimum absolute atomic E-state index is 0.498. The van der Waals surface area contributed by atoms with E-state index in [1.165, 1.54) is 11.4 Å². The lowest BCUT2D eigenvalue weighted by atomic mass is 10.2. The Labute approximate surface area is 101 Å². The topological polar surface area (TPSA) is 15.3 Å². The van der Waals surface area contributed by atoms with Crippen LogP contribution in [0.5, 0.6) is 0 Å². The summed E-state index contributed by atoms with van der Waals surface area (Å²) in [5, 5.41) is 3.51. The fourth-order valence-electron chi connectivity index (χ4n) is 1.38.